The van der Waals surface area contributed by atoms with Gasteiger partial charge in [0.25, 0.3) is 0 Å². The Morgan fingerprint density at radius 2 is 1.86 bits per heavy atom. The van der Waals surface area contributed by atoms with Gasteiger partial charge in [0.15, 0.2) is 9.84 Å². The van der Waals surface area contributed by atoms with Crippen molar-refractivity contribution in [3.05, 3.63) is 46.4 Å². The number of ether oxygens (including phenoxy) is 1. The molecule has 0 bridgehead atoms. The highest BCUT2D eigenvalue weighted by Gasteiger charge is 2.24. The lowest BCUT2D eigenvalue weighted by atomic mass is 9.49. The number of rotatable bonds is 7. The number of hydrogen-bond acceptors (Lipinski definition) is 4. The second-order valence-electron chi connectivity index (χ2n) is 8.56. The summed E-state index contributed by atoms with van der Waals surface area (Å²) in [5.41, 5.74) is 2.25. The average molecular weight is 397 g/mol. The van der Waals surface area contributed by atoms with E-state index in [1.54, 1.807) is 35.8 Å². The molecule has 0 spiro atoms. The monoisotopic (exact) mass is 397 g/mol. The minimum Gasteiger partial charge on any atom is -0.493 e. The molecule has 1 aliphatic carbocycles. The Kier molecular flexibility index (Phi) is 5.59. The van der Waals surface area contributed by atoms with Crippen LogP contribution in [0, 0.1) is 12.8 Å². The number of benzene rings is 1. The Bertz CT molecular complexity index is 1050. The second-order valence-corrected chi connectivity index (χ2v) is 10.8. The fourth-order valence-corrected chi connectivity index (χ4v) is 4.04. The molecule has 1 aliphatic rings. The smallest absolute Gasteiger partial charge is 0.249 e. The number of sulfone groups is 1. The van der Waals surface area contributed by atoms with E-state index in [-0.39, 0.29) is 21.4 Å². The van der Waals surface area contributed by atoms with Crippen LogP contribution in [0.3, 0.4) is 0 Å². The summed E-state index contributed by atoms with van der Waals surface area (Å²) in [5.74, 6) is 1.27. The number of hydrogen-bond donors (Lipinski definition) is 0. The maximum atomic E-state index is 12.5. The minimum absolute atomic E-state index is 0.0369. The molecule has 1 aromatic carbocycles. The first-order chi connectivity index (χ1) is 13.0. The van der Waals surface area contributed by atoms with Crippen LogP contribution in [0.1, 0.15) is 25.3 Å². The minimum atomic E-state index is -3.35. The summed E-state index contributed by atoms with van der Waals surface area (Å²) < 4.78 is 32.6. The number of pyridine rings is 1. The Morgan fingerprint density at radius 3 is 2.43 bits per heavy atom. The van der Waals surface area contributed by atoms with Crippen molar-refractivity contribution in [1.29, 1.82) is 0 Å². The third kappa shape index (κ3) is 4.40. The quantitative estimate of drug-likeness (QED) is 0.612. The molecule has 0 N–H and O–H groups in total. The van der Waals surface area contributed by atoms with Crippen LogP contribution in [0.2, 0.25) is 0 Å². The van der Waals surface area contributed by atoms with E-state index in [0.29, 0.717) is 23.8 Å². The summed E-state index contributed by atoms with van der Waals surface area (Å²) in [6.45, 7) is 4.14. The van der Waals surface area contributed by atoms with Crippen LogP contribution in [-0.2, 0) is 15.1 Å². The summed E-state index contributed by atoms with van der Waals surface area (Å²) >= 11 is 0. The van der Waals surface area contributed by atoms with E-state index in [4.69, 9.17) is 4.74 Å². The molecule has 3 rings (SSSR count). The molecule has 2 aromatic rings. The number of aromatic nitrogens is 1. The van der Waals surface area contributed by atoms with Crippen LogP contribution in [-0.4, -0.2) is 48.9 Å². The zero-order valence-corrected chi connectivity index (χ0v) is 18.1. The highest BCUT2D eigenvalue weighted by atomic mass is 32.2. The van der Waals surface area contributed by atoms with Gasteiger partial charge in [0.1, 0.15) is 29.3 Å². The van der Waals surface area contributed by atoms with Gasteiger partial charge in [-0.25, -0.2) is 8.42 Å². The maximum Gasteiger partial charge on any atom is 0.249 e. The van der Waals surface area contributed by atoms with E-state index in [0.717, 1.165) is 11.1 Å². The molecule has 1 heterocycles. The van der Waals surface area contributed by atoms with Gasteiger partial charge in [-0.1, -0.05) is 6.92 Å². The summed E-state index contributed by atoms with van der Waals surface area (Å²) in [6.07, 6.45) is 4.16. The zero-order valence-electron chi connectivity index (χ0n) is 17.3. The van der Waals surface area contributed by atoms with Gasteiger partial charge in [-0.2, -0.15) is 0 Å². The van der Waals surface area contributed by atoms with Crippen molar-refractivity contribution in [2.24, 2.45) is 5.92 Å². The van der Waals surface area contributed by atoms with E-state index >= 15 is 0 Å². The Hall–Kier alpha value is -1.89. The fraction of sp³-hybridized carbons (Fsp3) is 0.421. The molecule has 0 saturated heterocycles. The normalized spacial score (nSPS) is 14.8. The molecule has 0 atom stereocenters. The molecule has 5 nitrogen and oxygen atoms in total. The number of aryl methyl sites for hydroxylation is 1. The second kappa shape index (κ2) is 7.50. The molecule has 9 heteroatoms. The van der Waals surface area contributed by atoms with Crippen LogP contribution in [0.25, 0.3) is 11.1 Å². The first-order valence-corrected chi connectivity index (χ1v) is 11.4. The summed E-state index contributed by atoms with van der Waals surface area (Å²) in [5, 5.41) is -0.387. The van der Waals surface area contributed by atoms with E-state index in [1.807, 2.05) is 36.7 Å². The SMILES string of the molecule is BC(B)(B)n1cc(-c2cc(S(=O)(=O)CC)ccc2OCC2CC2)c(C)cc1=O. The van der Waals surface area contributed by atoms with Gasteiger partial charge in [0.05, 0.1) is 17.3 Å². The third-order valence-corrected chi connectivity index (χ3v) is 6.87. The molecule has 146 valence electrons. The van der Waals surface area contributed by atoms with Crippen molar-refractivity contribution in [2.75, 3.05) is 12.4 Å². The first-order valence-electron chi connectivity index (χ1n) is 9.76. The van der Waals surface area contributed by atoms with Gasteiger partial charge in [-0.15, -0.1) is 0 Å². The molecule has 28 heavy (non-hydrogen) atoms. The van der Waals surface area contributed by atoms with Gasteiger partial charge < -0.3 is 9.30 Å². The Balaban J connectivity index is 2.19. The topological polar surface area (TPSA) is 65.4 Å². The predicted molar refractivity (Wildman–Crippen MR) is 120 cm³/mol. The highest BCUT2D eigenvalue weighted by molar-refractivity contribution is 7.91. The molecule has 1 fully saturated rings. The zero-order chi connectivity index (χ0) is 20.7. The van der Waals surface area contributed by atoms with Crippen molar-refractivity contribution in [3.63, 3.8) is 0 Å². The van der Waals surface area contributed by atoms with Crippen LogP contribution in [0.4, 0.5) is 0 Å². The Labute approximate surface area is 169 Å². The van der Waals surface area contributed by atoms with Crippen LogP contribution < -0.4 is 10.3 Å². The lowest BCUT2D eigenvalue weighted by molar-refractivity contribution is 0.301. The van der Waals surface area contributed by atoms with Gasteiger partial charge in [-0.05, 0) is 54.7 Å². The van der Waals surface area contributed by atoms with Crippen molar-refractivity contribution in [3.8, 4) is 16.9 Å². The highest BCUT2D eigenvalue weighted by Crippen LogP contribution is 2.36. The van der Waals surface area contributed by atoms with E-state index in [2.05, 4.69) is 0 Å². The van der Waals surface area contributed by atoms with Crippen LogP contribution in [0.5, 0.6) is 5.75 Å². The van der Waals surface area contributed by atoms with Crippen molar-refractivity contribution >= 4 is 33.4 Å². The van der Waals surface area contributed by atoms with Crippen LogP contribution >= 0.6 is 0 Å². The van der Waals surface area contributed by atoms with Crippen molar-refractivity contribution < 1.29 is 13.2 Å². The van der Waals surface area contributed by atoms with Crippen molar-refractivity contribution in [2.45, 2.75) is 36.8 Å². The molecule has 0 unspecified atom stereocenters. The lowest BCUT2D eigenvalue weighted by Gasteiger charge is -2.25. The molecule has 1 saturated carbocycles. The van der Waals surface area contributed by atoms with E-state index in [1.165, 1.54) is 12.8 Å². The lowest BCUT2D eigenvalue weighted by Crippen LogP contribution is -2.42. The molecular weight excluding hydrogens is 371 g/mol. The summed E-state index contributed by atoms with van der Waals surface area (Å²) in [6, 6.07) is 6.64. The fourth-order valence-electron chi connectivity index (χ4n) is 3.13. The van der Waals surface area contributed by atoms with E-state index in [9.17, 15) is 13.2 Å². The van der Waals surface area contributed by atoms with Gasteiger partial charge >= 0.3 is 0 Å². The molecule has 1 aromatic heterocycles. The Morgan fingerprint density at radius 1 is 1.18 bits per heavy atom. The molecule has 0 aliphatic heterocycles. The molecule has 0 amide bonds. The number of nitrogens with zero attached hydrogens (tertiary/aromatic N) is 1. The largest absolute Gasteiger partial charge is 0.493 e. The van der Waals surface area contributed by atoms with Crippen LogP contribution in [0.15, 0.2) is 40.2 Å². The predicted octanol–water partition coefficient (Wildman–Crippen LogP) is -0.127. The average Bonchev–Trinajstić information content (AvgIpc) is 3.43. The van der Waals surface area contributed by atoms with Gasteiger partial charge in [0.2, 0.25) is 5.56 Å². The maximum absolute atomic E-state index is 12.5. The molecule has 0 radical (unpaired) electrons. The first kappa shape index (κ1) is 20.8. The summed E-state index contributed by atoms with van der Waals surface area (Å²) in [4.78, 5) is 12.8. The summed E-state index contributed by atoms with van der Waals surface area (Å²) in [7, 11) is 2.56. The standard InChI is InChI=1S/C19H26B3NO4S/c1-3-28(25,26)14-6-7-17(27-11-13-4-5-13)15(9-14)16-10-23(19(20,21)22)18(24)8-12(16)2/h6-10,13H,3-5,11,20-22H2,1-2H3. The van der Waals surface area contributed by atoms with Crippen molar-refractivity contribution in [1.82, 2.24) is 4.57 Å². The van der Waals surface area contributed by atoms with Gasteiger partial charge in [0, 0.05) is 23.4 Å². The third-order valence-electron chi connectivity index (χ3n) is 5.13. The van der Waals surface area contributed by atoms with E-state index < -0.39 is 9.84 Å². The van der Waals surface area contributed by atoms with Gasteiger partial charge in [-0.3, -0.25) is 4.79 Å². The molecular formula is C19H26B3NO4S.